The van der Waals surface area contributed by atoms with E-state index >= 15 is 0 Å². The van der Waals surface area contributed by atoms with Crippen LogP contribution >= 0.6 is 0 Å². The summed E-state index contributed by atoms with van der Waals surface area (Å²) < 4.78 is 16.6. The van der Waals surface area contributed by atoms with Gasteiger partial charge in [-0.05, 0) is 62.6 Å². The van der Waals surface area contributed by atoms with Crippen molar-refractivity contribution in [2.75, 3.05) is 7.11 Å². The summed E-state index contributed by atoms with van der Waals surface area (Å²) in [7, 11) is 1.64. The van der Waals surface area contributed by atoms with Crippen molar-refractivity contribution in [1.82, 2.24) is 10.5 Å². The zero-order valence-corrected chi connectivity index (χ0v) is 17.4. The number of aromatic nitrogens is 1. The lowest BCUT2D eigenvalue weighted by atomic mass is 10.1. The Morgan fingerprint density at radius 1 is 1.07 bits per heavy atom. The number of nitrogens with one attached hydrogen (secondary N) is 1. The number of ether oxygens (including phenoxy) is 2. The summed E-state index contributed by atoms with van der Waals surface area (Å²) in [5.41, 5.74) is 4.10. The number of hydrogen-bond donors (Lipinski definition) is 2. The average molecular weight is 396 g/mol. The maximum atomic E-state index is 9.39. The van der Waals surface area contributed by atoms with E-state index in [-0.39, 0.29) is 5.75 Å². The van der Waals surface area contributed by atoms with E-state index in [0.717, 1.165) is 35.5 Å². The van der Waals surface area contributed by atoms with Crippen LogP contribution in [0.25, 0.3) is 0 Å². The van der Waals surface area contributed by atoms with Crippen LogP contribution in [0.1, 0.15) is 35.1 Å². The molecule has 0 amide bonds. The molecule has 3 aromatic rings. The summed E-state index contributed by atoms with van der Waals surface area (Å²) in [4.78, 5) is 0. The molecular weight excluding hydrogens is 368 g/mol. The van der Waals surface area contributed by atoms with Gasteiger partial charge in [0.1, 0.15) is 18.1 Å². The molecule has 0 saturated carbocycles. The second-order valence-electron chi connectivity index (χ2n) is 7.23. The van der Waals surface area contributed by atoms with Crippen LogP contribution in [-0.4, -0.2) is 23.4 Å². The Bertz CT molecular complexity index is 915. The molecule has 6 nitrogen and oxygen atoms in total. The van der Waals surface area contributed by atoms with Crippen molar-refractivity contribution in [3.05, 3.63) is 70.6 Å². The number of rotatable bonds is 9. The van der Waals surface area contributed by atoms with Gasteiger partial charge < -0.3 is 24.4 Å². The van der Waals surface area contributed by atoms with E-state index < -0.39 is 0 Å². The topological polar surface area (TPSA) is 76.8 Å². The van der Waals surface area contributed by atoms with Crippen molar-refractivity contribution in [3.63, 3.8) is 0 Å². The molecule has 29 heavy (non-hydrogen) atoms. The smallest absolute Gasteiger partial charge is 0.161 e. The van der Waals surface area contributed by atoms with Crippen LogP contribution in [0.4, 0.5) is 0 Å². The molecular formula is C23H28N2O4. The molecule has 6 heteroatoms. The molecule has 0 aliphatic carbocycles. The van der Waals surface area contributed by atoms with Crippen molar-refractivity contribution < 1.29 is 19.1 Å². The molecule has 3 rings (SSSR count). The first-order chi connectivity index (χ1) is 14.0. The van der Waals surface area contributed by atoms with Crippen LogP contribution in [-0.2, 0) is 19.6 Å². The Morgan fingerprint density at radius 3 is 2.45 bits per heavy atom. The maximum absolute atomic E-state index is 9.39. The third kappa shape index (κ3) is 5.51. The Balaban J connectivity index is 1.57. The number of benzene rings is 2. The van der Waals surface area contributed by atoms with Gasteiger partial charge in [-0.2, -0.15) is 0 Å². The van der Waals surface area contributed by atoms with Crippen molar-refractivity contribution in [2.45, 2.75) is 46.4 Å². The minimum absolute atomic E-state index is 0.290. The van der Waals surface area contributed by atoms with E-state index in [4.69, 9.17) is 14.0 Å². The summed E-state index contributed by atoms with van der Waals surface area (Å²) in [6.07, 6.45) is 0.885. The van der Waals surface area contributed by atoms with Gasteiger partial charge in [-0.25, -0.2) is 0 Å². The Morgan fingerprint density at radius 2 is 1.79 bits per heavy atom. The molecule has 0 radical (unpaired) electrons. The first kappa shape index (κ1) is 20.7. The molecule has 1 atom stereocenters. The normalized spacial score (nSPS) is 12.0. The number of methoxy groups -OCH3 is 1. The van der Waals surface area contributed by atoms with E-state index in [1.54, 1.807) is 19.2 Å². The fourth-order valence-electron chi connectivity index (χ4n) is 3.15. The number of hydrogen-bond acceptors (Lipinski definition) is 6. The van der Waals surface area contributed by atoms with Gasteiger partial charge in [0.25, 0.3) is 0 Å². The van der Waals surface area contributed by atoms with E-state index in [2.05, 4.69) is 17.4 Å². The number of aryl methyl sites for hydroxylation is 2. The van der Waals surface area contributed by atoms with Crippen LogP contribution in [0.3, 0.4) is 0 Å². The molecule has 154 valence electrons. The van der Waals surface area contributed by atoms with Crippen LogP contribution in [0, 0.1) is 13.8 Å². The number of nitrogens with zero attached hydrogens (tertiary/aromatic N) is 1. The van der Waals surface area contributed by atoms with E-state index in [1.165, 1.54) is 5.56 Å². The maximum Gasteiger partial charge on any atom is 0.161 e. The van der Waals surface area contributed by atoms with Gasteiger partial charge in [0.15, 0.2) is 11.5 Å². The second-order valence-corrected chi connectivity index (χ2v) is 7.23. The minimum atomic E-state index is 0.290. The molecule has 2 aromatic carbocycles. The summed E-state index contributed by atoms with van der Waals surface area (Å²) in [6.45, 7) is 7.04. The lowest BCUT2D eigenvalue weighted by Gasteiger charge is -2.16. The molecule has 2 N–H and O–H groups in total. The van der Waals surface area contributed by atoms with Crippen molar-refractivity contribution >= 4 is 0 Å². The van der Waals surface area contributed by atoms with Gasteiger partial charge in [-0.3, -0.25) is 0 Å². The fraction of sp³-hybridized carbons (Fsp3) is 0.348. The molecule has 0 fully saturated rings. The average Bonchev–Trinajstić information content (AvgIpc) is 3.04. The molecule has 0 saturated heterocycles. The molecule has 0 aliphatic rings. The quantitative estimate of drug-likeness (QED) is 0.561. The van der Waals surface area contributed by atoms with E-state index in [0.29, 0.717) is 24.1 Å². The predicted octanol–water partition coefficient (Wildman–Crippen LogP) is 4.31. The second kappa shape index (κ2) is 9.47. The van der Waals surface area contributed by atoms with Gasteiger partial charge in [-0.15, -0.1) is 0 Å². The lowest BCUT2D eigenvalue weighted by molar-refractivity contribution is 0.281. The van der Waals surface area contributed by atoms with Gasteiger partial charge >= 0.3 is 0 Å². The zero-order chi connectivity index (χ0) is 20.8. The zero-order valence-electron chi connectivity index (χ0n) is 17.4. The van der Waals surface area contributed by atoms with Crippen molar-refractivity contribution in [2.24, 2.45) is 0 Å². The Kier molecular flexibility index (Phi) is 6.77. The summed E-state index contributed by atoms with van der Waals surface area (Å²) in [5.74, 6) is 2.44. The van der Waals surface area contributed by atoms with Crippen molar-refractivity contribution in [1.29, 1.82) is 0 Å². The minimum Gasteiger partial charge on any atom is -0.508 e. The van der Waals surface area contributed by atoms with Crippen LogP contribution < -0.4 is 14.8 Å². The predicted molar refractivity (Wildman–Crippen MR) is 111 cm³/mol. The Labute approximate surface area is 171 Å². The third-order valence-electron chi connectivity index (χ3n) is 4.91. The summed E-state index contributed by atoms with van der Waals surface area (Å²) in [5, 5.41) is 16.9. The summed E-state index contributed by atoms with van der Waals surface area (Å²) in [6, 6.07) is 13.6. The fourth-order valence-corrected chi connectivity index (χ4v) is 3.15. The highest BCUT2D eigenvalue weighted by molar-refractivity contribution is 5.43. The third-order valence-corrected chi connectivity index (χ3v) is 4.91. The molecule has 1 aromatic heterocycles. The first-order valence-corrected chi connectivity index (χ1v) is 9.69. The van der Waals surface area contributed by atoms with Gasteiger partial charge in [0, 0.05) is 12.6 Å². The SMILES string of the molecule is COc1cc(CNC(C)Cc2ccc(O)cc2)ccc1OCc1c(C)noc1C. The highest BCUT2D eigenvalue weighted by Crippen LogP contribution is 2.29. The first-order valence-electron chi connectivity index (χ1n) is 9.69. The van der Waals surface area contributed by atoms with E-state index in [1.807, 2.05) is 44.2 Å². The largest absolute Gasteiger partial charge is 0.508 e. The standard InChI is InChI=1S/C23H28N2O4/c1-15(11-18-5-8-20(26)9-6-18)24-13-19-7-10-22(23(12-19)27-4)28-14-21-16(2)25-29-17(21)3/h5-10,12,15,24,26H,11,13-14H2,1-4H3. The highest BCUT2D eigenvalue weighted by atomic mass is 16.5. The monoisotopic (exact) mass is 396 g/mol. The number of aromatic hydroxyl groups is 1. The molecule has 0 bridgehead atoms. The number of phenols is 1. The van der Waals surface area contributed by atoms with Gasteiger partial charge in [0.2, 0.25) is 0 Å². The lowest BCUT2D eigenvalue weighted by Crippen LogP contribution is -2.27. The summed E-state index contributed by atoms with van der Waals surface area (Å²) >= 11 is 0. The molecule has 0 spiro atoms. The Hall–Kier alpha value is -2.99. The van der Waals surface area contributed by atoms with E-state index in [9.17, 15) is 5.11 Å². The van der Waals surface area contributed by atoms with Gasteiger partial charge in [0.05, 0.1) is 18.4 Å². The molecule has 0 aliphatic heterocycles. The molecule has 1 unspecified atom stereocenters. The van der Waals surface area contributed by atoms with Crippen molar-refractivity contribution in [3.8, 4) is 17.2 Å². The molecule has 1 heterocycles. The van der Waals surface area contributed by atoms with Crippen LogP contribution in [0.2, 0.25) is 0 Å². The van der Waals surface area contributed by atoms with Crippen LogP contribution in [0.5, 0.6) is 17.2 Å². The highest BCUT2D eigenvalue weighted by Gasteiger charge is 2.12. The van der Waals surface area contributed by atoms with Crippen LogP contribution in [0.15, 0.2) is 47.0 Å². The van der Waals surface area contributed by atoms with Gasteiger partial charge in [-0.1, -0.05) is 23.4 Å². The number of phenolic OH excluding ortho intramolecular Hbond substituents is 1.